The van der Waals surface area contributed by atoms with Gasteiger partial charge in [0, 0.05) is 10.0 Å². The lowest BCUT2D eigenvalue weighted by Gasteiger charge is -2.31. The Balaban J connectivity index is 2.25. The number of benzene rings is 2. The van der Waals surface area contributed by atoms with Gasteiger partial charge in [0.15, 0.2) is 0 Å². The van der Waals surface area contributed by atoms with Crippen LogP contribution in [0.1, 0.15) is 25.0 Å². The second kappa shape index (κ2) is 7.21. The molecule has 0 fully saturated rings. The molecule has 0 heterocycles. The molecule has 0 aliphatic rings. The first-order valence-corrected chi connectivity index (χ1v) is 7.97. The number of nitrogens with one attached hydrogen (secondary N) is 2. The normalized spacial score (nSPS) is 15.6. The zero-order valence-corrected chi connectivity index (χ0v) is 14.8. The number of hydrogen-bond acceptors (Lipinski definition) is 4. The number of nitrogens with zero attached hydrogens (tertiary/aromatic N) is 2. The number of hydrazine groups is 1. The van der Waals surface area contributed by atoms with E-state index in [1.807, 2.05) is 0 Å². The number of nitriles is 2. The minimum atomic E-state index is -1.03. The highest BCUT2D eigenvalue weighted by Gasteiger charge is 2.32. The van der Waals surface area contributed by atoms with Crippen molar-refractivity contribution >= 4 is 23.2 Å². The fourth-order valence-corrected chi connectivity index (χ4v) is 2.40. The van der Waals surface area contributed by atoms with Crippen LogP contribution in [-0.2, 0) is 11.1 Å². The molecule has 2 rings (SSSR count). The third kappa shape index (κ3) is 3.87. The molecule has 4 nitrogen and oxygen atoms in total. The summed E-state index contributed by atoms with van der Waals surface area (Å²) < 4.78 is 0. The van der Waals surface area contributed by atoms with Crippen LogP contribution in [0, 0.1) is 22.7 Å². The van der Waals surface area contributed by atoms with E-state index in [2.05, 4.69) is 23.0 Å². The van der Waals surface area contributed by atoms with E-state index in [0.29, 0.717) is 10.0 Å². The molecule has 0 aliphatic carbocycles. The van der Waals surface area contributed by atoms with Gasteiger partial charge in [-0.25, -0.2) is 10.9 Å². The van der Waals surface area contributed by atoms with Crippen LogP contribution in [0.5, 0.6) is 0 Å². The van der Waals surface area contributed by atoms with Crippen LogP contribution in [-0.4, -0.2) is 0 Å². The van der Waals surface area contributed by atoms with Crippen LogP contribution in [0.2, 0.25) is 10.0 Å². The van der Waals surface area contributed by atoms with E-state index in [0.717, 1.165) is 11.1 Å². The third-order valence-corrected chi connectivity index (χ3v) is 4.36. The van der Waals surface area contributed by atoms with Crippen LogP contribution < -0.4 is 10.9 Å². The Kier molecular flexibility index (Phi) is 5.49. The fraction of sp³-hybridized carbons (Fsp3) is 0.222. The first-order chi connectivity index (χ1) is 11.3. The molecule has 0 spiro atoms. The predicted octanol–water partition coefficient (Wildman–Crippen LogP) is 4.27. The molecule has 0 amide bonds. The largest absolute Gasteiger partial charge is 0.232 e. The Morgan fingerprint density at radius 1 is 0.708 bits per heavy atom. The molecule has 2 aromatic carbocycles. The van der Waals surface area contributed by atoms with Crippen molar-refractivity contribution < 1.29 is 0 Å². The van der Waals surface area contributed by atoms with Crippen molar-refractivity contribution in [1.29, 1.82) is 10.5 Å². The second-order valence-electron chi connectivity index (χ2n) is 5.74. The van der Waals surface area contributed by atoms with E-state index in [1.165, 1.54) is 0 Å². The van der Waals surface area contributed by atoms with Crippen LogP contribution in [0.25, 0.3) is 0 Å². The molecule has 2 unspecified atom stereocenters. The van der Waals surface area contributed by atoms with Gasteiger partial charge in [-0.1, -0.05) is 47.5 Å². The van der Waals surface area contributed by atoms with Gasteiger partial charge in [0.2, 0.25) is 0 Å². The smallest absolute Gasteiger partial charge is 0.141 e. The standard InChI is InChI=1S/C18H16Cl2N4/c1-17(11-21,13-3-7-15(19)8-4-13)23-24-18(2,12-22)14-5-9-16(20)10-6-14/h3-10,23-24H,1-2H3. The van der Waals surface area contributed by atoms with E-state index in [-0.39, 0.29) is 0 Å². The molecule has 0 saturated carbocycles. The Morgan fingerprint density at radius 2 is 1.00 bits per heavy atom. The summed E-state index contributed by atoms with van der Waals surface area (Å²) in [5.41, 5.74) is 5.36. The molecule has 6 heteroatoms. The summed E-state index contributed by atoms with van der Waals surface area (Å²) >= 11 is 11.8. The van der Waals surface area contributed by atoms with Crippen molar-refractivity contribution in [3.05, 3.63) is 69.7 Å². The highest BCUT2D eigenvalue weighted by Crippen LogP contribution is 2.25. The summed E-state index contributed by atoms with van der Waals surface area (Å²) in [6.07, 6.45) is 0. The van der Waals surface area contributed by atoms with Crippen molar-refractivity contribution in [2.24, 2.45) is 0 Å². The lowest BCUT2D eigenvalue weighted by molar-refractivity contribution is 0.306. The summed E-state index contributed by atoms with van der Waals surface area (Å²) in [4.78, 5) is 0. The topological polar surface area (TPSA) is 71.6 Å². The quantitative estimate of drug-likeness (QED) is 0.783. The van der Waals surface area contributed by atoms with Crippen molar-refractivity contribution in [2.45, 2.75) is 24.9 Å². The summed E-state index contributed by atoms with van der Waals surface area (Å²) in [6, 6.07) is 18.4. The van der Waals surface area contributed by atoms with Gasteiger partial charge in [0.25, 0.3) is 0 Å². The van der Waals surface area contributed by atoms with Gasteiger partial charge in [-0.05, 0) is 49.2 Å². The first-order valence-electron chi connectivity index (χ1n) is 7.22. The van der Waals surface area contributed by atoms with E-state index in [1.54, 1.807) is 62.4 Å². The fourth-order valence-electron chi connectivity index (χ4n) is 2.15. The monoisotopic (exact) mass is 358 g/mol. The van der Waals surface area contributed by atoms with Crippen molar-refractivity contribution in [3.63, 3.8) is 0 Å². The molecule has 0 saturated heterocycles. The molecule has 2 aromatic rings. The maximum atomic E-state index is 9.60. The highest BCUT2D eigenvalue weighted by atomic mass is 35.5. The summed E-state index contributed by atoms with van der Waals surface area (Å²) in [7, 11) is 0. The molecule has 2 N–H and O–H groups in total. The molecule has 24 heavy (non-hydrogen) atoms. The van der Waals surface area contributed by atoms with Crippen LogP contribution >= 0.6 is 23.2 Å². The van der Waals surface area contributed by atoms with Crippen molar-refractivity contribution in [2.75, 3.05) is 0 Å². The van der Waals surface area contributed by atoms with Crippen LogP contribution in [0.15, 0.2) is 48.5 Å². The Bertz CT molecular complexity index is 720. The summed E-state index contributed by atoms with van der Waals surface area (Å²) in [6.45, 7) is 3.45. The van der Waals surface area contributed by atoms with Gasteiger partial charge in [0.1, 0.15) is 11.1 Å². The van der Waals surface area contributed by atoms with Gasteiger partial charge < -0.3 is 0 Å². The van der Waals surface area contributed by atoms with E-state index < -0.39 is 11.1 Å². The van der Waals surface area contributed by atoms with E-state index >= 15 is 0 Å². The SMILES string of the molecule is CC(C#N)(NNC(C)(C#N)c1ccc(Cl)cc1)c1ccc(Cl)cc1. The molecular weight excluding hydrogens is 343 g/mol. The van der Waals surface area contributed by atoms with E-state index in [9.17, 15) is 10.5 Å². The molecule has 0 aromatic heterocycles. The molecule has 0 aliphatic heterocycles. The average molecular weight is 359 g/mol. The Morgan fingerprint density at radius 3 is 1.25 bits per heavy atom. The molecule has 0 bridgehead atoms. The van der Waals surface area contributed by atoms with Crippen molar-refractivity contribution in [1.82, 2.24) is 10.9 Å². The van der Waals surface area contributed by atoms with Crippen LogP contribution in [0.4, 0.5) is 0 Å². The predicted molar refractivity (Wildman–Crippen MR) is 95.1 cm³/mol. The molecule has 0 radical (unpaired) electrons. The molecule has 122 valence electrons. The third-order valence-electron chi connectivity index (χ3n) is 3.85. The zero-order valence-electron chi connectivity index (χ0n) is 13.3. The lowest BCUT2D eigenvalue weighted by Crippen LogP contribution is -2.55. The number of hydrogen-bond donors (Lipinski definition) is 2. The van der Waals surface area contributed by atoms with Gasteiger partial charge in [0.05, 0.1) is 12.1 Å². The number of halogens is 2. The van der Waals surface area contributed by atoms with Crippen molar-refractivity contribution in [3.8, 4) is 12.1 Å². The Hall–Kier alpha value is -2.08. The van der Waals surface area contributed by atoms with Gasteiger partial charge in [-0.15, -0.1) is 0 Å². The summed E-state index contributed by atoms with van der Waals surface area (Å²) in [5, 5.41) is 20.4. The second-order valence-corrected chi connectivity index (χ2v) is 6.61. The lowest BCUT2D eigenvalue weighted by atomic mass is 9.92. The Labute approximate surface area is 151 Å². The molecular formula is C18H16Cl2N4. The minimum absolute atomic E-state index is 0.593. The van der Waals surface area contributed by atoms with Gasteiger partial charge >= 0.3 is 0 Å². The van der Waals surface area contributed by atoms with Crippen LogP contribution in [0.3, 0.4) is 0 Å². The highest BCUT2D eigenvalue weighted by molar-refractivity contribution is 6.30. The molecule has 2 atom stereocenters. The van der Waals surface area contributed by atoms with Gasteiger partial charge in [-0.3, -0.25) is 0 Å². The first kappa shape index (κ1) is 18.3. The maximum Gasteiger partial charge on any atom is 0.141 e. The number of rotatable bonds is 5. The maximum absolute atomic E-state index is 9.60. The summed E-state index contributed by atoms with van der Waals surface area (Å²) in [5.74, 6) is 0. The van der Waals surface area contributed by atoms with E-state index in [4.69, 9.17) is 23.2 Å². The zero-order chi connectivity index (χ0) is 17.8. The average Bonchev–Trinajstić information content (AvgIpc) is 2.60. The minimum Gasteiger partial charge on any atom is -0.232 e. The van der Waals surface area contributed by atoms with Gasteiger partial charge in [-0.2, -0.15) is 10.5 Å².